The van der Waals surface area contributed by atoms with Crippen LogP contribution in [0.4, 0.5) is 10.1 Å². The number of carbonyl (C=O) groups is 1. The van der Waals surface area contributed by atoms with Crippen LogP contribution in [-0.2, 0) is 4.79 Å². The van der Waals surface area contributed by atoms with Gasteiger partial charge in [0.15, 0.2) is 0 Å². The number of halogens is 1. The van der Waals surface area contributed by atoms with Crippen molar-refractivity contribution in [2.75, 3.05) is 12.4 Å². The van der Waals surface area contributed by atoms with Gasteiger partial charge in [-0.1, -0.05) is 12.1 Å². The molecule has 6 heteroatoms. The molecule has 27 heavy (non-hydrogen) atoms. The van der Waals surface area contributed by atoms with E-state index in [0.29, 0.717) is 28.5 Å². The minimum atomic E-state index is -0.564. The van der Waals surface area contributed by atoms with Crippen molar-refractivity contribution < 1.29 is 18.3 Å². The number of furan rings is 1. The molecule has 1 amide bonds. The number of carbonyl (C=O) groups excluding carboxylic acids is 1. The van der Waals surface area contributed by atoms with E-state index in [0.717, 1.165) is 0 Å². The summed E-state index contributed by atoms with van der Waals surface area (Å²) in [6, 6.07) is 17.8. The highest BCUT2D eigenvalue weighted by molar-refractivity contribution is 6.09. The van der Waals surface area contributed by atoms with Gasteiger partial charge in [-0.2, -0.15) is 5.26 Å². The van der Waals surface area contributed by atoms with Crippen LogP contribution >= 0.6 is 0 Å². The van der Waals surface area contributed by atoms with Crippen LogP contribution in [0.5, 0.6) is 5.75 Å². The summed E-state index contributed by atoms with van der Waals surface area (Å²) < 4.78 is 24.0. The zero-order chi connectivity index (χ0) is 19.2. The van der Waals surface area contributed by atoms with Crippen LogP contribution in [-0.4, -0.2) is 13.0 Å². The summed E-state index contributed by atoms with van der Waals surface area (Å²) in [5.74, 6) is 0.470. The Labute approximate surface area is 155 Å². The van der Waals surface area contributed by atoms with E-state index in [-0.39, 0.29) is 11.4 Å². The maximum absolute atomic E-state index is 13.3. The zero-order valence-electron chi connectivity index (χ0n) is 14.4. The summed E-state index contributed by atoms with van der Waals surface area (Å²) >= 11 is 0. The van der Waals surface area contributed by atoms with Gasteiger partial charge in [0, 0.05) is 17.3 Å². The molecule has 0 bridgehead atoms. The summed E-state index contributed by atoms with van der Waals surface area (Å²) in [7, 11) is 1.55. The highest BCUT2D eigenvalue weighted by atomic mass is 19.1. The van der Waals surface area contributed by atoms with Gasteiger partial charge in [0.2, 0.25) is 0 Å². The monoisotopic (exact) mass is 362 g/mol. The first kappa shape index (κ1) is 18.0. The fourth-order valence-electron chi connectivity index (χ4n) is 2.39. The molecule has 0 radical (unpaired) electrons. The number of amides is 1. The maximum Gasteiger partial charge on any atom is 0.266 e. The molecule has 0 atom stereocenters. The first-order valence-electron chi connectivity index (χ1n) is 8.02. The Morgan fingerprint density at radius 2 is 1.96 bits per heavy atom. The van der Waals surface area contributed by atoms with Crippen molar-refractivity contribution in [3.05, 3.63) is 77.8 Å². The van der Waals surface area contributed by atoms with Gasteiger partial charge in [-0.25, -0.2) is 4.39 Å². The van der Waals surface area contributed by atoms with Crippen molar-refractivity contribution in [2.45, 2.75) is 0 Å². The van der Waals surface area contributed by atoms with Gasteiger partial charge in [0.05, 0.1) is 7.11 Å². The molecule has 0 saturated heterocycles. The van der Waals surface area contributed by atoms with Crippen LogP contribution in [0, 0.1) is 17.1 Å². The first-order valence-corrected chi connectivity index (χ1v) is 8.02. The number of ether oxygens (including phenoxy) is 1. The van der Waals surface area contributed by atoms with E-state index in [1.807, 2.05) is 6.07 Å². The molecular weight excluding hydrogens is 347 g/mol. The fourth-order valence-corrected chi connectivity index (χ4v) is 2.39. The predicted octanol–water partition coefficient (Wildman–Crippen LogP) is 4.64. The normalized spacial score (nSPS) is 10.9. The summed E-state index contributed by atoms with van der Waals surface area (Å²) in [6.45, 7) is 0. The lowest BCUT2D eigenvalue weighted by Crippen LogP contribution is -2.13. The molecule has 1 heterocycles. The molecule has 5 nitrogen and oxygen atoms in total. The summed E-state index contributed by atoms with van der Waals surface area (Å²) in [4.78, 5) is 12.3. The number of rotatable bonds is 5. The number of hydrogen-bond acceptors (Lipinski definition) is 4. The lowest BCUT2D eigenvalue weighted by molar-refractivity contribution is -0.112. The highest BCUT2D eigenvalue weighted by Crippen LogP contribution is 2.24. The van der Waals surface area contributed by atoms with Gasteiger partial charge >= 0.3 is 0 Å². The number of nitrogens with one attached hydrogen (secondary N) is 1. The maximum atomic E-state index is 13.3. The molecule has 0 spiro atoms. The Morgan fingerprint density at radius 3 is 2.63 bits per heavy atom. The van der Waals surface area contributed by atoms with Crippen molar-refractivity contribution in [2.24, 2.45) is 0 Å². The second-order valence-corrected chi connectivity index (χ2v) is 5.56. The van der Waals surface area contributed by atoms with Crippen LogP contribution < -0.4 is 10.1 Å². The van der Waals surface area contributed by atoms with Crippen molar-refractivity contribution in [3.8, 4) is 23.1 Å². The van der Waals surface area contributed by atoms with Gasteiger partial charge in [0.25, 0.3) is 5.91 Å². The molecule has 2 aromatic carbocycles. The number of nitriles is 1. The number of nitrogens with zero attached hydrogens (tertiary/aromatic N) is 1. The third-order valence-corrected chi connectivity index (χ3v) is 3.74. The van der Waals surface area contributed by atoms with E-state index in [2.05, 4.69) is 5.32 Å². The number of benzene rings is 2. The average molecular weight is 362 g/mol. The Kier molecular flexibility index (Phi) is 5.33. The summed E-state index contributed by atoms with van der Waals surface area (Å²) in [5, 5.41) is 11.9. The Balaban J connectivity index is 1.77. The van der Waals surface area contributed by atoms with Gasteiger partial charge in [-0.05, 0) is 48.5 Å². The third kappa shape index (κ3) is 4.41. The molecule has 0 aliphatic rings. The quantitative estimate of drug-likeness (QED) is 0.530. The molecule has 134 valence electrons. The summed E-state index contributed by atoms with van der Waals surface area (Å²) in [5.41, 5.74) is 0.976. The molecule has 3 rings (SSSR count). The molecule has 0 aliphatic heterocycles. The standard InChI is InChI=1S/C21H15FN2O3/c1-26-18-7-5-17(6-8-18)24-21(25)15(13-23)12-19-9-10-20(27-19)14-3-2-4-16(22)11-14/h2-12H,1H3,(H,24,25)/b15-12+. The van der Waals surface area contributed by atoms with Crippen LogP contribution in [0.25, 0.3) is 17.4 Å². The second-order valence-electron chi connectivity index (χ2n) is 5.56. The highest BCUT2D eigenvalue weighted by Gasteiger charge is 2.12. The zero-order valence-corrected chi connectivity index (χ0v) is 14.4. The van der Waals surface area contributed by atoms with Crippen molar-refractivity contribution in [3.63, 3.8) is 0 Å². The van der Waals surface area contributed by atoms with Crippen LogP contribution in [0.2, 0.25) is 0 Å². The average Bonchev–Trinajstić information content (AvgIpc) is 3.15. The minimum absolute atomic E-state index is 0.119. The Bertz CT molecular complexity index is 1030. The smallest absolute Gasteiger partial charge is 0.266 e. The van der Waals surface area contributed by atoms with E-state index in [4.69, 9.17) is 9.15 Å². The molecule has 3 aromatic rings. The first-order chi connectivity index (χ1) is 13.1. The number of methoxy groups -OCH3 is 1. The van der Waals surface area contributed by atoms with Gasteiger partial charge < -0.3 is 14.5 Å². The SMILES string of the molecule is COc1ccc(NC(=O)/C(C#N)=C/c2ccc(-c3cccc(F)c3)o2)cc1. The number of hydrogen-bond donors (Lipinski definition) is 1. The largest absolute Gasteiger partial charge is 0.497 e. The lowest BCUT2D eigenvalue weighted by Gasteiger charge is -2.05. The molecule has 0 fully saturated rings. The fraction of sp³-hybridized carbons (Fsp3) is 0.0476. The van der Waals surface area contributed by atoms with Crippen LogP contribution in [0.1, 0.15) is 5.76 Å². The van der Waals surface area contributed by atoms with E-state index >= 15 is 0 Å². The van der Waals surface area contributed by atoms with E-state index < -0.39 is 5.91 Å². The Morgan fingerprint density at radius 1 is 1.19 bits per heavy atom. The van der Waals surface area contributed by atoms with Gasteiger partial charge in [-0.3, -0.25) is 4.79 Å². The minimum Gasteiger partial charge on any atom is -0.497 e. The molecule has 1 aromatic heterocycles. The number of anilines is 1. The van der Waals surface area contributed by atoms with E-state index in [1.165, 1.54) is 18.2 Å². The van der Waals surface area contributed by atoms with Gasteiger partial charge in [-0.15, -0.1) is 0 Å². The van der Waals surface area contributed by atoms with E-state index in [1.54, 1.807) is 55.6 Å². The summed E-state index contributed by atoms with van der Waals surface area (Å²) in [6.07, 6.45) is 1.33. The molecule has 0 aliphatic carbocycles. The second kappa shape index (κ2) is 8.02. The Hall–Kier alpha value is -3.85. The van der Waals surface area contributed by atoms with Crippen molar-refractivity contribution >= 4 is 17.7 Å². The molecule has 0 saturated carbocycles. The van der Waals surface area contributed by atoms with Crippen LogP contribution in [0.3, 0.4) is 0 Å². The van der Waals surface area contributed by atoms with Crippen molar-refractivity contribution in [1.29, 1.82) is 5.26 Å². The predicted molar refractivity (Wildman–Crippen MR) is 99.3 cm³/mol. The molecule has 1 N–H and O–H groups in total. The van der Waals surface area contributed by atoms with Gasteiger partial charge in [0.1, 0.15) is 34.7 Å². The molecular formula is C21H15FN2O3. The molecule has 0 unspecified atom stereocenters. The van der Waals surface area contributed by atoms with Crippen molar-refractivity contribution in [1.82, 2.24) is 0 Å². The topological polar surface area (TPSA) is 75.3 Å². The van der Waals surface area contributed by atoms with Crippen LogP contribution in [0.15, 0.2) is 70.7 Å². The van der Waals surface area contributed by atoms with E-state index in [9.17, 15) is 14.4 Å². The lowest BCUT2D eigenvalue weighted by atomic mass is 10.2. The third-order valence-electron chi connectivity index (χ3n) is 3.74.